The molecular weight excluding hydrogens is 266 g/mol. The van der Waals surface area contributed by atoms with E-state index >= 15 is 0 Å². The van der Waals surface area contributed by atoms with Gasteiger partial charge >= 0.3 is 5.69 Å². The average Bonchev–Trinajstić information content (AvgIpc) is 2.81. The average molecular weight is 277 g/mol. The maximum Gasteiger partial charge on any atom is 0.327 e. The van der Waals surface area contributed by atoms with E-state index in [4.69, 9.17) is 5.73 Å². The van der Waals surface area contributed by atoms with Crippen molar-refractivity contribution in [2.75, 3.05) is 5.73 Å². The molecule has 0 aliphatic rings. The summed E-state index contributed by atoms with van der Waals surface area (Å²) in [6.07, 6.45) is 0. The molecule has 3 rings (SSSR count). The Bertz CT molecular complexity index is 898. The number of nitrogen functional groups attached to an aromatic ring is 1. The van der Waals surface area contributed by atoms with Gasteiger partial charge in [0, 0.05) is 4.88 Å². The second kappa shape index (κ2) is 3.82. The van der Waals surface area contributed by atoms with Crippen LogP contribution in [-0.4, -0.2) is 19.9 Å². The summed E-state index contributed by atoms with van der Waals surface area (Å²) < 4.78 is 0. The summed E-state index contributed by atoms with van der Waals surface area (Å²) in [5.41, 5.74) is 7.14. The Kier molecular flexibility index (Phi) is 2.36. The molecule has 0 saturated heterocycles. The van der Waals surface area contributed by atoms with Crippen molar-refractivity contribution in [2.45, 2.75) is 13.8 Å². The molecule has 8 heteroatoms. The Balaban J connectivity index is 2.35. The van der Waals surface area contributed by atoms with Gasteiger partial charge in [-0.05, 0) is 19.4 Å². The molecular formula is C11H11N5O2S. The molecule has 0 atom stereocenters. The number of aromatic nitrogens is 4. The van der Waals surface area contributed by atoms with Gasteiger partial charge in [0.05, 0.1) is 10.6 Å². The Morgan fingerprint density at radius 2 is 1.89 bits per heavy atom. The van der Waals surface area contributed by atoms with Crippen LogP contribution in [0.15, 0.2) is 9.59 Å². The molecule has 0 aromatic carbocycles. The number of fused-ring (bicyclic) bond motifs is 1. The standard InChI is InChI=1S/C11H11N5O2S/c1-3-4(2)19-7(12)5(3)8-13-6-9(14-8)15-11(18)16-10(6)17/h12H2,1-2H3,(H3,13,14,15,16,17,18). The van der Waals surface area contributed by atoms with Crippen molar-refractivity contribution in [1.82, 2.24) is 19.9 Å². The number of aryl methyl sites for hydroxylation is 1. The molecule has 3 aromatic rings. The molecule has 0 aliphatic heterocycles. The van der Waals surface area contributed by atoms with Gasteiger partial charge in [0.25, 0.3) is 5.56 Å². The van der Waals surface area contributed by atoms with E-state index in [0.29, 0.717) is 10.8 Å². The summed E-state index contributed by atoms with van der Waals surface area (Å²) in [6.45, 7) is 3.91. The highest BCUT2D eigenvalue weighted by Crippen LogP contribution is 2.36. The van der Waals surface area contributed by atoms with Gasteiger partial charge in [-0.25, -0.2) is 9.78 Å². The van der Waals surface area contributed by atoms with E-state index in [1.165, 1.54) is 11.3 Å². The van der Waals surface area contributed by atoms with Gasteiger partial charge in [0.1, 0.15) is 11.3 Å². The van der Waals surface area contributed by atoms with Gasteiger partial charge in [0.2, 0.25) is 0 Å². The van der Waals surface area contributed by atoms with Crippen molar-refractivity contribution in [1.29, 1.82) is 0 Å². The van der Waals surface area contributed by atoms with Gasteiger partial charge in [-0.1, -0.05) is 0 Å². The fourth-order valence-electron chi connectivity index (χ4n) is 2.00. The van der Waals surface area contributed by atoms with Crippen molar-refractivity contribution in [3.8, 4) is 11.4 Å². The molecule has 0 unspecified atom stereocenters. The van der Waals surface area contributed by atoms with E-state index in [1.807, 2.05) is 13.8 Å². The molecule has 0 radical (unpaired) electrons. The maximum atomic E-state index is 11.6. The third-order valence-electron chi connectivity index (χ3n) is 3.04. The van der Waals surface area contributed by atoms with Crippen molar-refractivity contribution >= 4 is 27.5 Å². The topological polar surface area (TPSA) is 120 Å². The number of aromatic amines is 3. The lowest BCUT2D eigenvalue weighted by molar-refractivity contribution is 1.07. The number of imidazole rings is 1. The van der Waals surface area contributed by atoms with Crippen LogP contribution in [0.3, 0.4) is 0 Å². The maximum absolute atomic E-state index is 11.6. The fourth-order valence-corrected chi connectivity index (χ4v) is 2.94. The van der Waals surface area contributed by atoms with Crippen molar-refractivity contribution in [2.24, 2.45) is 0 Å². The highest BCUT2D eigenvalue weighted by molar-refractivity contribution is 7.16. The number of rotatable bonds is 1. The molecule has 5 N–H and O–H groups in total. The van der Waals surface area contributed by atoms with Gasteiger partial charge in [-0.3, -0.25) is 14.8 Å². The zero-order valence-corrected chi connectivity index (χ0v) is 11.1. The number of nitrogens with zero attached hydrogens (tertiary/aromatic N) is 1. The molecule has 98 valence electrons. The number of nitrogens with two attached hydrogens (primary N) is 1. The quantitative estimate of drug-likeness (QED) is 0.527. The van der Waals surface area contributed by atoms with E-state index in [2.05, 4.69) is 19.9 Å². The van der Waals surface area contributed by atoms with Gasteiger partial charge in [-0.15, -0.1) is 11.3 Å². The van der Waals surface area contributed by atoms with Crippen LogP contribution in [0.5, 0.6) is 0 Å². The summed E-state index contributed by atoms with van der Waals surface area (Å²) in [5.74, 6) is 0.488. The Labute approximate surface area is 110 Å². The summed E-state index contributed by atoms with van der Waals surface area (Å²) >= 11 is 1.47. The van der Waals surface area contributed by atoms with Crippen LogP contribution in [0.4, 0.5) is 5.00 Å². The van der Waals surface area contributed by atoms with Crippen LogP contribution in [0.1, 0.15) is 10.4 Å². The molecule has 0 bridgehead atoms. The molecule has 0 aliphatic carbocycles. The Morgan fingerprint density at radius 1 is 1.16 bits per heavy atom. The van der Waals surface area contributed by atoms with Crippen molar-refractivity contribution < 1.29 is 0 Å². The Hall–Kier alpha value is -2.35. The number of hydrogen-bond donors (Lipinski definition) is 4. The van der Waals surface area contributed by atoms with Crippen LogP contribution >= 0.6 is 11.3 Å². The van der Waals surface area contributed by atoms with Crippen LogP contribution in [0, 0.1) is 13.8 Å². The first-order valence-corrected chi connectivity index (χ1v) is 6.37. The van der Waals surface area contributed by atoms with Crippen LogP contribution < -0.4 is 17.0 Å². The number of anilines is 1. The van der Waals surface area contributed by atoms with E-state index < -0.39 is 11.2 Å². The predicted molar refractivity (Wildman–Crippen MR) is 74.5 cm³/mol. The van der Waals surface area contributed by atoms with E-state index in [-0.39, 0.29) is 11.2 Å². The van der Waals surface area contributed by atoms with E-state index in [9.17, 15) is 9.59 Å². The molecule has 0 amide bonds. The fraction of sp³-hybridized carbons (Fsp3) is 0.182. The van der Waals surface area contributed by atoms with Gasteiger partial charge in [0.15, 0.2) is 5.65 Å². The molecule has 3 aromatic heterocycles. The lowest BCUT2D eigenvalue weighted by Crippen LogP contribution is -2.21. The molecule has 0 fully saturated rings. The molecule has 0 spiro atoms. The number of nitrogens with one attached hydrogen (secondary N) is 3. The summed E-state index contributed by atoms with van der Waals surface area (Å²) in [6, 6.07) is 0. The molecule has 19 heavy (non-hydrogen) atoms. The van der Waals surface area contributed by atoms with Crippen LogP contribution in [0.2, 0.25) is 0 Å². The number of hydrogen-bond acceptors (Lipinski definition) is 5. The highest BCUT2D eigenvalue weighted by Gasteiger charge is 2.17. The Morgan fingerprint density at radius 3 is 2.53 bits per heavy atom. The van der Waals surface area contributed by atoms with E-state index in [0.717, 1.165) is 16.0 Å². The molecule has 3 heterocycles. The molecule has 0 saturated carbocycles. The first kappa shape index (κ1) is 11.7. The van der Waals surface area contributed by atoms with Crippen molar-refractivity contribution in [3.05, 3.63) is 31.3 Å². The zero-order valence-electron chi connectivity index (χ0n) is 10.2. The molecule has 7 nitrogen and oxygen atoms in total. The zero-order chi connectivity index (χ0) is 13.7. The number of thiophene rings is 1. The minimum Gasteiger partial charge on any atom is -0.390 e. The first-order valence-electron chi connectivity index (χ1n) is 5.55. The summed E-state index contributed by atoms with van der Waals surface area (Å²) in [4.78, 5) is 35.7. The second-order valence-corrected chi connectivity index (χ2v) is 5.50. The largest absolute Gasteiger partial charge is 0.390 e. The SMILES string of the molecule is Cc1sc(N)c(-c2nc3[nH]c(=O)[nH]c(=O)c3[nH]2)c1C. The normalized spacial score (nSPS) is 11.3. The van der Waals surface area contributed by atoms with Crippen LogP contribution in [-0.2, 0) is 0 Å². The van der Waals surface area contributed by atoms with Crippen LogP contribution in [0.25, 0.3) is 22.6 Å². The third-order valence-corrected chi connectivity index (χ3v) is 4.08. The van der Waals surface area contributed by atoms with Crippen molar-refractivity contribution in [3.63, 3.8) is 0 Å². The second-order valence-electron chi connectivity index (χ2n) is 4.24. The predicted octanol–water partition coefficient (Wildman–Crippen LogP) is 0.867. The minimum atomic E-state index is -0.582. The van der Waals surface area contributed by atoms with E-state index in [1.54, 1.807) is 0 Å². The summed E-state index contributed by atoms with van der Waals surface area (Å²) in [7, 11) is 0. The van der Waals surface area contributed by atoms with Gasteiger partial charge < -0.3 is 10.7 Å². The lowest BCUT2D eigenvalue weighted by Gasteiger charge is -1.96. The monoisotopic (exact) mass is 277 g/mol. The van der Waals surface area contributed by atoms with Gasteiger partial charge in [-0.2, -0.15) is 0 Å². The summed E-state index contributed by atoms with van der Waals surface area (Å²) in [5, 5.41) is 0.632. The highest BCUT2D eigenvalue weighted by atomic mass is 32.1. The third kappa shape index (κ3) is 1.68. The minimum absolute atomic E-state index is 0.228. The number of H-pyrrole nitrogens is 3. The smallest absolute Gasteiger partial charge is 0.327 e. The lowest BCUT2D eigenvalue weighted by atomic mass is 10.1. The first-order chi connectivity index (χ1) is 8.97.